The number of rotatable bonds is 4. The summed E-state index contributed by atoms with van der Waals surface area (Å²) in [5, 5.41) is 9.63. The molecular formula is C15H23BN2O3. The number of hydrogen-bond donors (Lipinski definition) is 3. The summed E-state index contributed by atoms with van der Waals surface area (Å²) in [6, 6.07) is 7.56. The Morgan fingerprint density at radius 3 is 2.14 bits per heavy atom. The van der Waals surface area contributed by atoms with Crippen molar-refractivity contribution in [1.29, 1.82) is 0 Å². The van der Waals surface area contributed by atoms with Gasteiger partial charge in [-0.15, -0.1) is 0 Å². The second-order valence-electron chi connectivity index (χ2n) is 6.23. The van der Waals surface area contributed by atoms with Gasteiger partial charge in [0.05, 0.1) is 17.8 Å². The molecule has 1 fully saturated rings. The highest BCUT2D eigenvalue weighted by Crippen LogP contribution is 2.38. The third kappa shape index (κ3) is 3.29. The van der Waals surface area contributed by atoms with Gasteiger partial charge in [0.2, 0.25) is 0 Å². The topological polar surface area (TPSA) is 76.7 Å². The summed E-state index contributed by atoms with van der Waals surface area (Å²) in [4.78, 5) is 0. The Balaban J connectivity index is 2.22. The summed E-state index contributed by atoms with van der Waals surface area (Å²) in [5.41, 5.74) is 4.22. The van der Waals surface area contributed by atoms with Gasteiger partial charge in [0, 0.05) is 5.69 Å². The van der Waals surface area contributed by atoms with Crippen molar-refractivity contribution >= 4 is 18.9 Å². The lowest BCUT2D eigenvalue weighted by Gasteiger charge is -2.32. The van der Waals surface area contributed by atoms with Crippen molar-refractivity contribution < 1.29 is 14.4 Å². The smallest absolute Gasteiger partial charge is 0.400 e. The molecule has 0 bridgehead atoms. The fraction of sp³-hybridized carbons (Fsp3) is 0.467. The molecule has 2 rings (SSSR count). The fourth-order valence-corrected chi connectivity index (χ4v) is 2.07. The van der Waals surface area contributed by atoms with E-state index in [9.17, 15) is 5.11 Å². The Morgan fingerprint density at radius 1 is 1.19 bits per heavy atom. The van der Waals surface area contributed by atoms with Crippen molar-refractivity contribution in [2.45, 2.75) is 38.9 Å². The van der Waals surface area contributed by atoms with Crippen LogP contribution in [0, 0.1) is 0 Å². The second-order valence-corrected chi connectivity index (χ2v) is 6.23. The first-order chi connectivity index (χ1) is 9.79. The Hall–Kier alpha value is -1.34. The molecule has 0 spiro atoms. The Kier molecular flexibility index (Phi) is 4.44. The summed E-state index contributed by atoms with van der Waals surface area (Å²) in [6.45, 7) is 7.84. The average Bonchev–Trinajstić information content (AvgIpc) is 2.65. The first-order valence-electron chi connectivity index (χ1n) is 7.03. The normalized spacial score (nSPS) is 20.7. The number of anilines is 1. The van der Waals surface area contributed by atoms with Crippen LogP contribution in [0.3, 0.4) is 0 Å². The van der Waals surface area contributed by atoms with Crippen molar-refractivity contribution in [3.8, 4) is 0 Å². The molecule has 1 saturated heterocycles. The summed E-state index contributed by atoms with van der Waals surface area (Å²) in [6.07, 6.45) is 1.88. The third-order valence-electron chi connectivity index (χ3n) is 4.17. The van der Waals surface area contributed by atoms with E-state index in [0.29, 0.717) is 5.47 Å². The molecule has 0 unspecified atom stereocenters. The fourth-order valence-electron chi connectivity index (χ4n) is 2.07. The molecule has 1 aliphatic heterocycles. The van der Waals surface area contributed by atoms with E-state index in [1.165, 1.54) is 0 Å². The minimum Gasteiger partial charge on any atom is -0.400 e. The minimum atomic E-state index is -0.535. The van der Waals surface area contributed by atoms with Crippen LogP contribution < -0.4 is 11.3 Å². The highest BCUT2D eigenvalue weighted by Gasteiger charge is 2.52. The highest BCUT2D eigenvalue weighted by atomic mass is 16.7. The lowest BCUT2D eigenvalue weighted by Crippen LogP contribution is -2.41. The van der Waals surface area contributed by atoms with Crippen LogP contribution in [0.4, 0.5) is 5.69 Å². The monoisotopic (exact) mass is 290 g/mol. The van der Waals surface area contributed by atoms with Gasteiger partial charge in [-0.25, -0.2) is 0 Å². The maximum absolute atomic E-state index is 9.63. The molecule has 0 aliphatic carbocycles. The molecule has 0 aromatic heterocycles. The molecule has 4 N–H and O–H groups in total. The Morgan fingerprint density at radius 2 is 1.71 bits per heavy atom. The van der Waals surface area contributed by atoms with Gasteiger partial charge in [0.1, 0.15) is 0 Å². The SMILES string of the molecule is CC1(C)OB(C(=Cc2ccc(NN)cc2)CO)OC1(C)C. The van der Waals surface area contributed by atoms with E-state index in [2.05, 4.69) is 5.43 Å². The molecule has 114 valence electrons. The van der Waals surface area contributed by atoms with Crippen LogP contribution in [0.15, 0.2) is 29.7 Å². The number of hydrazine groups is 1. The van der Waals surface area contributed by atoms with Crippen LogP contribution in [0.2, 0.25) is 0 Å². The van der Waals surface area contributed by atoms with Crippen LogP contribution in [0.1, 0.15) is 33.3 Å². The largest absolute Gasteiger partial charge is 0.492 e. The molecule has 21 heavy (non-hydrogen) atoms. The van der Waals surface area contributed by atoms with Crippen molar-refractivity contribution in [2.75, 3.05) is 12.0 Å². The van der Waals surface area contributed by atoms with Crippen LogP contribution in [0.25, 0.3) is 6.08 Å². The molecular weight excluding hydrogens is 267 g/mol. The number of hydrogen-bond acceptors (Lipinski definition) is 5. The number of aliphatic hydroxyl groups excluding tert-OH is 1. The maximum atomic E-state index is 9.63. The van der Waals surface area contributed by atoms with E-state index in [0.717, 1.165) is 11.3 Å². The minimum absolute atomic E-state index is 0.117. The number of nitrogens with one attached hydrogen (secondary N) is 1. The molecule has 1 aromatic rings. The molecule has 1 aliphatic rings. The standard InChI is InChI=1S/C15H23BN2O3/c1-14(2)15(3,4)21-16(20-14)12(10-19)9-11-5-7-13(18-17)8-6-11/h5-9,18-19H,10,17H2,1-4H3. The lowest BCUT2D eigenvalue weighted by atomic mass is 9.77. The van der Waals surface area contributed by atoms with Gasteiger partial charge in [-0.05, 0) is 50.9 Å². The van der Waals surface area contributed by atoms with Crippen LogP contribution in [-0.2, 0) is 9.31 Å². The van der Waals surface area contributed by atoms with Crippen molar-refractivity contribution in [1.82, 2.24) is 0 Å². The van der Waals surface area contributed by atoms with Crippen molar-refractivity contribution in [2.24, 2.45) is 5.84 Å². The van der Waals surface area contributed by atoms with Gasteiger partial charge in [-0.2, -0.15) is 0 Å². The Labute approximate surface area is 126 Å². The zero-order valence-electron chi connectivity index (χ0n) is 13.0. The molecule has 0 atom stereocenters. The summed E-state index contributed by atoms with van der Waals surface area (Å²) in [5.74, 6) is 5.34. The molecule has 5 nitrogen and oxygen atoms in total. The Bertz CT molecular complexity index is 510. The van der Waals surface area contributed by atoms with Crippen LogP contribution in [0.5, 0.6) is 0 Å². The summed E-state index contributed by atoms with van der Waals surface area (Å²) in [7, 11) is -0.535. The zero-order chi connectivity index (χ0) is 15.7. The predicted octanol–water partition coefficient (Wildman–Crippen LogP) is 1.98. The van der Waals surface area contributed by atoms with Crippen molar-refractivity contribution in [3.63, 3.8) is 0 Å². The molecule has 1 aromatic carbocycles. The number of nitrogens with two attached hydrogens (primary N) is 1. The van der Waals surface area contributed by atoms with E-state index in [-0.39, 0.29) is 6.61 Å². The third-order valence-corrected chi connectivity index (χ3v) is 4.17. The molecule has 6 heteroatoms. The molecule has 0 amide bonds. The van der Waals surface area contributed by atoms with Gasteiger partial charge in [0.15, 0.2) is 0 Å². The lowest BCUT2D eigenvalue weighted by molar-refractivity contribution is 0.00578. The van der Waals surface area contributed by atoms with Crippen LogP contribution in [-0.4, -0.2) is 30.0 Å². The van der Waals surface area contributed by atoms with Gasteiger partial charge < -0.3 is 19.8 Å². The first-order valence-corrected chi connectivity index (χ1v) is 7.03. The molecule has 0 saturated carbocycles. The van der Waals surface area contributed by atoms with Crippen LogP contribution >= 0.6 is 0 Å². The van der Waals surface area contributed by atoms with Crippen molar-refractivity contribution in [3.05, 3.63) is 35.3 Å². The average molecular weight is 290 g/mol. The van der Waals surface area contributed by atoms with Gasteiger partial charge >= 0.3 is 7.12 Å². The van der Waals surface area contributed by atoms with E-state index < -0.39 is 18.3 Å². The quantitative estimate of drug-likeness (QED) is 0.449. The van der Waals surface area contributed by atoms with Gasteiger partial charge in [-0.3, -0.25) is 5.84 Å². The zero-order valence-corrected chi connectivity index (χ0v) is 13.0. The van der Waals surface area contributed by atoms with Gasteiger partial charge in [-0.1, -0.05) is 18.2 Å². The van der Waals surface area contributed by atoms with Gasteiger partial charge in [0.25, 0.3) is 0 Å². The van der Waals surface area contributed by atoms with E-state index in [1.807, 2.05) is 58.0 Å². The number of benzene rings is 1. The maximum Gasteiger partial charge on any atom is 0.492 e. The van der Waals surface area contributed by atoms with E-state index >= 15 is 0 Å². The molecule has 0 radical (unpaired) electrons. The second kappa shape index (κ2) is 5.81. The summed E-state index contributed by atoms with van der Waals surface area (Å²) >= 11 is 0. The number of aliphatic hydroxyl groups is 1. The van der Waals surface area contributed by atoms with E-state index in [4.69, 9.17) is 15.2 Å². The highest BCUT2D eigenvalue weighted by molar-refractivity contribution is 6.55. The summed E-state index contributed by atoms with van der Waals surface area (Å²) < 4.78 is 11.9. The van der Waals surface area contributed by atoms with E-state index in [1.54, 1.807) is 0 Å². The number of nitrogen functional groups attached to an aromatic ring is 1. The predicted molar refractivity (Wildman–Crippen MR) is 85.4 cm³/mol. The first kappa shape index (κ1) is 16.0. The molecule has 1 heterocycles.